The van der Waals surface area contributed by atoms with E-state index in [4.69, 9.17) is 0 Å². The third-order valence-electron chi connectivity index (χ3n) is 3.98. The lowest BCUT2D eigenvalue weighted by Gasteiger charge is -2.40. The van der Waals surface area contributed by atoms with Gasteiger partial charge in [-0.05, 0) is 30.9 Å². The summed E-state index contributed by atoms with van der Waals surface area (Å²) in [5, 5.41) is 10.7. The second-order valence-corrected chi connectivity index (χ2v) is 6.60. The van der Waals surface area contributed by atoms with Crippen molar-refractivity contribution in [3.63, 3.8) is 0 Å². The maximum absolute atomic E-state index is 11.4. The summed E-state index contributed by atoms with van der Waals surface area (Å²) >= 11 is 0. The molecule has 0 spiro atoms. The van der Waals surface area contributed by atoms with Crippen LogP contribution < -0.4 is 0 Å². The number of nitrogens with zero attached hydrogens (tertiary/aromatic N) is 2. The highest BCUT2D eigenvalue weighted by molar-refractivity contribution is 5.78. The lowest BCUT2D eigenvalue weighted by atomic mass is 9.87. The molecule has 0 saturated heterocycles. The average Bonchev–Trinajstić information content (AvgIpc) is 2.47. The zero-order valence-corrected chi connectivity index (χ0v) is 13.7. The lowest BCUT2D eigenvalue weighted by molar-refractivity contribution is 0.00591. The minimum atomic E-state index is -1.01. The fraction of sp³-hybridized carbons (Fsp3) is 0.444. The molecule has 118 valence electrons. The second kappa shape index (κ2) is 6.44. The molecular formula is C18H24N2O2. The molecule has 1 atom stereocenters. The fourth-order valence-electron chi connectivity index (χ4n) is 2.83. The standard InChI is InChI=1S/C18H24N2O2/c1-13(2)15-9-19-12-20(10-15)17(18(3,4)22)16-8-6-5-7-14(16)11-21/h5-9,11-13,17,22H,10H2,1-4H3. The van der Waals surface area contributed by atoms with E-state index in [9.17, 15) is 9.90 Å². The second-order valence-electron chi connectivity index (χ2n) is 6.60. The summed E-state index contributed by atoms with van der Waals surface area (Å²) in [6.45, 7) is 8.48. The van der Waals surface area contributed by atoms with Crippen LogP contribution in [0.2, 0.25) is 0 Å². The van der Waals surface area contributed by atoms with Crippen LogP contribution in [0.4, 0.5) is 0 Å². The molecule has 0 aromatic heterocycles. The summed E-state index contributed by atoms with van der Waals surface area (Å²) in [7, 11) is 0. The molecule has 1 N–H and O–H groups in total. The van der Waals surface area contributed by atoms with Crippen LogP contribution in [0.1, 0.15) is 49.7 Å². The van der Waals surface area contributed by atoms with Gasteiger partial charge in [-0.15, -0.1) is 0 Å². The van der Waals surface area contributed by atoms with E-state index in [0.29, 0.717) is 18.0 Å². The van der Waals surface area contributed by atoms with Crippen LogP contribution in [-0.4, -0.2) is 34.8 Å². The van der Waals surface area contributed by atoms with Crippen molar-refractivity contribution in [2.24, 2.45) is 10.9 Å². The smallest absolute Gasteiger partial charge is 0.150 e. The van der Waals surface area contributed by atoms with Gasteiger partial charge in [0, 0.05) is 18.3 Å². The number of aliphatic imine (C=N–C) groups is 1. The van der Waals surface area contributed by atoms with E-state index < -0.39 is 5.60 Å². The molecule has 0 aliphatic carbocycles. The topological polar surface area (TPSA) is 52.9 Å². The zero-order valence-electron chi connectivity index (χ0n) is 13.7. The Hall–Kier alpha value is -1.94. The number of aliphatic hydroxyl groups is 1. The van der Waals surface area contributed by atoms with Gasteiger partial charge in [0.2, 0.25) is 0 Å². The van der Waals surface area contributed by atoms with Gasteiger partial charge in [-0.3, -0.25) is 4.79 Å². The normalized spacial score (nSPS) is 16.6. The van der Waals surface area contributed by atoms with Crippen LogP contribution in [-0.2, 0) is 0 Å². The summed E-state index contributed by atoms with van der Waals surface area (Å²) in [4.78, 5) is 17.7. The van der Waals surface area contributed by atoms with Gasteiger partial charge in [0.25, 0.3) is 0 Å². The van der Waals surface area contributed by atoms with E-state index in [1.807, 2.05) is 29.3 Å². The molecule has 1 heterocycles. The van der Waals surface area contributed by atoms with Crippen molar-refractivity contribution in [1.82, 2.24) is 4.90 Å². The molecule has 1 aromatic carbocycles. The fourth-order valence-corrected chi connectivity index (χ4v) is 2.83. The number of hydrogen-bond acceptors (Lipinski definition) is 4. The first-order valence-corrected chi connectivity index (χ1v) is 7.59. The van der Waals surface area contributed by atoms with Gasteiger partial charge >= 0.3 is 0 Å². The molecule has 1 aliphatic rings. The van der Waals surface area contributed by atoms with Crippen LogP contribution in [0.15, 0.2) is 41.0 Å². The van der Waals surface area contributed by atoms with E-state index in [-0.39, 0.29) is 6.04 Å². The number of aldehydes is 1. The molecule has 0 fully saturated rings. The van der Waals surface area contributed by atoms with E-state index in [0.717, 1.165) is 11.8 Å². The Kier molecular flexibility index (Phi) is 4.81. The zero-order chi connectivity index (χ0) is 16.3. The Morgan fingerprint density at radius 3 is 2.59 bits per heavy atom. The van der Waals surface area contributed by atoms with Crippen LogP contribution in [0, 0.1) is 5.92 Å². The highest BCUT2D eigenvalue weighted by atomic mass is 16.3. The molecule has 1 unspecified atom stereocenters. The van der Waals surface area contributed by atoms with Crippen molar-refractivity contribution in [3.05, 3.63) is 47.2 Å². The molecule has 0 bridgehead atoms. The molecule has 1 aliphatic heterocycles. The molecule has 2 rings (SSSR count). The first-order valence-electron chi connectivity index (χ1n) is 7.59. The van der Waals surface area contributed by atoms with Gasteiger partial charge in [0.05, 0.1) is 18.0 Å². The van der Waals surface area contributed by atoms with Gasteiger partial charge < -0.3 is 10.0 Å². The molecule has 4 heteroatoms. The molecule has 1 aromatic rings. The predicted molar refractivity (Wildman–Crippen MR) is 89.0 cm³/mol. The summed E-state index contributed by atoms with van der Waals surface area (Å²) in [6.07, 6.45) is 4.47. The molecule has 0 radical (unpaired) electrons. The van der Waals surface area contributed by atoms with Crippen molar-refractivity contribution in [2.75, 3.05) is 6.54 Å². The average molecular weight is 300 g/mol. The molecule has 4 nitrogen and oxygen atoms in total. The Morgan fingerprint density at radius 2 is 2.00 bits per heavy atom. The Labute approximate surface area is 132 Å². The first kappa shape index (κ1) is 16.4. The van der Waals surface area contributed by atoms with Crippen molar-refractivity contribution in [1.29, 1.82) is 0 Å². The number of carbonyl (C=O) groups excluding carboxylic acids is 1. The van der Waals surface area contributed by atoms with Crippen molar-refractivity contribution >= 4 is 12.6 Å². The van der Waals surface area contributed by atoms with Crippen molar-refractivity contribution < 1.29 is 9.90 Å². The number of benzene rings is 1. The largest absolute Gasteiger partial charge is 0.388 e. The van der Waals surface area contributed by atoms with Crippen LogP contribution >= 0.6 is 0 Å². The van der Waals surface area contributed by atoms with Gasteiger partial charge in [0.1, 0.15) is 6.29 Å². The monoisotopic (exact) mass is 300 g/mol. The first-order chi connectivity index (χ1) is 10.3. The highest BCUT2D eigenvalue weighted by Gasteiger charge is 2.35. The number of rotatable bonds is 5. The predicted octanol–water partition coefficient (Wildman–Crippen LogP) is 3.19. The maximum atomic E-state index is 11.4. The van der Waals surface area contributed by atoms with Gasteiger partial charge in [-0.25, -0.2) is 4.99 Å². The van der Waals surface area contributed by atoms with E-state index in [2.05, 4.69) is 18.8 Å². The summed E-state index contributed by atoms with van der Waals surface area (Å²) < 4.78 is 0. The summed E-state index contributed by atoms with van der Waals surface area (Å²) in [6, 6.07) is 7.06. The SMILES string of the molecule is CC(C)C1=CN=CN(C(c2ccccc2C=O)C(C)(C)O)C1. The highest BCUT2D eigenvalue weighted by Crippen LogP contribution is 2.34. The molecule has 0 saturated carbocycles. The minimum absolute atomic E-state index is 0.333. The lowest BCUT2D eigenvalue weighted by Crippen LogP contribution is -2.44. The Morgan fingerprint density at radius 1 is 1.32 bits per heavy atom. The molecule has 0 amide bonds. The van der Waals surface area contributed by atoms with Crippen molar-refractivity contribution in [3.8, 4) is 0 Å². The van der Waals surface area contributed by atoms with Crippen molar-refractivity contribution in [2.45, 2.75) is 39.3 Å². The third-order valence-corrected chi connectivity index (χ3v) is 3.98. The number of hydrogen-bond donors (Lipinski definition) is 1. The Balaban J connectivity index is 2.43. The minimum Gasteiger partial charge on any atom is -0.388 e. The summed E-state index contributed by atoms with van der Waals surface area (Å²) in [5.41, 5.74) is 1.62. The third kappa shape index (κ3) is 3.45. The van der Waals surface area contributed by atoms with Crippen LogP contribution in [0.3, 0.4) is 0 Å². The maximum Gasteiger partial charge on any atom is 0.150 e. The summed E-state index contributed by atoms with van der Waals surface area (Å²) in [5.74, 6) is 0.392. The van der Waals surface area contributed by atoms with E-state index in [1.165, 1.54) is 5.57 Å². The van der Waals surface area contributed by atoms with Gasteiger partial charge in [-0.1, -0.05) is 38.1 Å². The van der Waals surface area contributed by atoms with E-state index in [1.54, 1.807) is 26.3 Å². The quantitative estimate of drug-likeness (QED) is 0.850. The Bertz CT molecular complexity index is 597. The van der Waals surface area contributed by atoms with Gasteiger partial charge in [-0.2, -0.15) is 0 Å². The molecule has 22 heavy (non-hydrogen) atoms. The van der Waals surface area contributed by atoms with Crippen LogP contribution in [0.5, 0.6) is 0 Å². The van der Waals surface area contributed by atoms with Gasteiger partial charge in [0.15, 0.2) is 0 Å². The van der Waals surface area contributed by atoms with E-state index >= 15 is 0 Å². The van der Waals surface area contributed by atoms with Crippen LogP contribution in [0.25, 0.3) is 0 Å². The molecular weight excluding hydrogens is 276 g/mol. The number of carbonyl (C=O) groups is 1.